The highest BCUT2D eigenvalue weighted by Crippen LogP contribution is 2.27. The highest BCUT2D eigenvalue weighted by atomic mass is 35.5. The van der Waals surface area contributed by atoms with Crippen molar-refractivity contribution in [3.8, 4) is 0 Å². The van der Waals surface area contributed by atoms with Gasteiger partial charge in [-0.2, -0.15) is 0 Å². The number of hydrogen-bond donors (Lipinski definition) is 1. The predicted molar refractivity (Wildman–Crippen MR) is 133 cm³/mol. The molecule has 0 atom stereocenters. The van der Waals surface area contributed by atoms with E-state index in [1.807, 2.05) is 83.8 Å². The number of nitrogens with zero attached hydrogens (tertiary/aromatic N) is 2. The molecular weight excluding hydrogens is 434 g/mol. The van der Waals surface area contributed by atoms with Crippen molar-refractivity contribution in [2.75, 3.05) is 19.6 Å². The molecule has 6 heteroatoms. The van der Waals surface area contributed by atoms with Crippen molar-refractivity contribution in [2.45, 2.75) is 13.0 Å². The molecule has 5 nitrogen and oxygen atoms in total. The molecular formula is C27H26ClN3O2. The van der Waals surface area contributed by atoms with Gasteiger partial charge in [0, 0.05) is 12.1 Å². The van der Waals surface area contributed by atoms with Crippen LogP contribution in [0, 0.1) is 0 Å². The zero-order valence-electron chi connectivity index (χ0n) is 18.3. The minimum Gasteiger partial charge on any atom is -0.459 e. The van der Waals surface area contributed by atoms with Gasteiger partial charge in [-0.15, -0.1) is 0 Å². The first-order valence-corrected chi connectivity index (χ1v) is 11.3. The second kappa shape index (κ2) is 11.3. The van der Waals surface area contributed by atoms with E-state index in [1.165, 1.54) is 5.56 Å². The third-order valence-corrected chi connectivity index (χ3v) is 5.55. The van der Waals surface area contributed by atoms with Crippen LogP contribution < -0.4 is 5.32 Å². The summed E-state index contributed by atoms with van der Waals surface area (Å²) in [4.78, 5) is 19.3. The molecule has 0 aliphatic carbocycles. The molecule has 0 unspecified atom stereocenters. The Hall–Kier alpha value is -3.57. The lowest BCUT2D eigenvalue weighted by Gasteiger charge is -2.33. The quantitative estimate of drug-likeness (QED) is 0.387. The van der Waals surface area contributed by atoms with Gasteiger partial charge in [0.05, 0.1) is 12.2 Å². The van der Waals surface area contributed by atoms with Gasteiger partial charge < -0.3 is 15.0 Å². The lowest BCUT2D eigenvalue weighted by atomic mass is 10.1. The molecule has 0 bridgehead atoms. The second-order valence-corrected chi connectivity index (χ2v) is 8.10. The van der Waals surface area contributed by atoms with Crippen molar-refractivity contribution in [3.05, 3.63) is 113 Å². The Kier molecular flexibility index (Phi) is 7.77. The summed E-state index contributed by atoms with van der Waals surface area (Å²) in [6, 6.07) is 29.7. The van der Waals surface area contributed by atoms with Crippen LogP contribution in [0.3, 0.4) is 0 Å². The molecule has 0 aromatic heterocycles. The fourth-order valence-electron chi connectivity index (χ4n) is 3.66. The molecule has 1 heterocycles. The smallest absolute Gasteiger partial charge is 0.325 e. The van der Waals surface area contributed by atoms with Crippen LogP contribution in [0.25, 0.3) is 5.70 Å². The Balaban J connectivity index is 1.47. The van der Waals surface area contributed by atoms with E-state index in [-0.39, 0.29) is 19.1 Å². The number of esters is 1. The van der Waals surface area contributed by atoms with Crippen LogP contribution in [-0.4, -0.2) is 36.3 Å². The molecule has 1 aliphatic rings. The van der Waals surface area contributed by atoms with Gasteiger partial charge in [0.25, 0.3) is 0 Å². The highest BCUT2D eigenvalue weighted by Gasteiger charge is 2.26. The van der Waals surface area contributed by atoms with Crippen molar-refractivity contribution in [2.24, 2.45) is 4.99 Å². The SMILES string of the molecule is O=C(CN1CC(=NCCc2ccccc2)NC(Cl)=C1c1ccccc1)OCc1ccccc1. The first-order valence-electron chi connectivity index (χ1n) is 10.9. The lowest BCUT2D eigenvalue weighted by Crippen LogP contribution is -2.44. The molecule has 3 aromatic carbocycles. The standard InChI is InChI=1S/C27H26ClN3O2/c28-27-26(23-14-8-3-9-15-23)31(19-25(32)33-20-22-12-6-2-7-13-22)18-24(30-27)29-17-16-21-10-4-1-5-11-21/h1-15H,16-20H2,(H,29,30). The third kappa shape index (κ3) is 6.46. The number of aliphatic imine (C=N–C) groups is 1. The zero-order valence-corrected chi connectivity index (χ0v) is 19.0. The summed E-state index contributed by atoms with van der Waals surface area (Å²) >= 11 is 6.65. The summed E-state index contributed by atoms with van der Waals surface area (Å²) in [6.45, 7) is 1.38. The Labute approximate surface area is 199 Å². The van der Waals surface area contributed by atoms with Crippen molar-refractivity contribution < 1.29 is 9.53 Å². The topological polar surface area (TPSA) is 53.9 Å². The average Bonchev–Trinajstić information content (AvgIpc) is 2.84. The summed E-state index contributed by atoms with van der Waals surface area (Å²) in [5.41, 5.74) is 3.86. The lowest BCUT2D eigenvalue weighted by molar-refractivity contribution is -0.145. The van der Waals surface area contributed by atoms with Gasteiger partial charge in [-0.05, 0) is 17.5 Å². The van der Waals surface area contributed by atoms with Gasteiger partial charge in [0.15, 0.2) is 0 Å². The fraction of sp³-hybridized carbons (Fsp3) is 0.185. The molecule has 1 N–H and O–H groups in total. The van der Waals surface area contributed by atoms with Gasteiger partial charge >= 0.3 is 5.97 Å². The molecule has 0 spiro atoms. The van der Waals surface area contributed by atoms with E-state index in [2.05, 4.69) is 17.4 Å². The minimum atomic E-state index is -0.317. The molecule has 0 radical (unpaired) electrons. The van der Waals surface area contributed by atoms with Crippen molar-refractivity contribution in [3.63, 3.8) is 0 Å². The number of carbonyl (C=O) groups is 1. The van der Waals surface area contributed by atoms with Gasteiger partial charge in [0.2, 0.25) is 0 Å². The molecule has 0 amide bonds. The van der Waals surface area contributed by atoms with E-state index in [0.717, 1.165) is 29.1 Å². The minimum absolute atomic E-state index is 0.0761. The van der Waals surface area contributed by atoms with Crippen LogP contribution in [0.4, 0.5) is 0 Å². The second-order valence-electron chi connectivity index (χ2n) is 7.72. The Bertz CT molecular complexity index is 1120. The van der Waals surface area contributed by atoms with Crippen LogP contribution in [0.2, 0.25) is 0 Å². The van der Waals surface area contributed by atoms with E-state index in [0.29, 0.717) is 18.2 Å². The fourth-order valence-corrected chi connectivity index (χ4v) is 4.00. The maximum Gasteiger partial charge on any atom is 0.325 e. The molecule has 0 saturated carbocycles. The summed E-state index contributed by atoms with van der Waals surface area (Å²) in [6.07, 6.45) is 0.831. The molecule has 4 rings (SSSR count). The summed E-state index contributed by atoms with van der Waals surface area (Å²) in [5, 5.41) is 3.66. The van der Waals surface area contributed by atoms with Crippen molar-refractivity contribution in [1.82, 2.24) is 10.2 Å². The van der Waals surface area contributed by atoms with Crippen LogP contribution >= 0.6 is 11.6 Å². The van der Waals surface area contributed by atoms with Gasteiger partial charge in [0.1, 0.15) is 24.1 Å². The molecule has 168 valence electrons. The maximum atomic E-state index is 12.7. The molecule has 1 aliphatic heterocycles. The summed E-state index contributed by atoms with van der Waals surface area (Å²) < 4.78 is 5.52. The predicted octanol–water partition coefficient (Wildman–Crippen LogP) is 4.84. The highest BCUT2D eigenvalue weighted by molar-refractivity contribution is 6.34. The number of hydrogen-bond acceptors (Lipinski definition) is 4. The normalized spacial score (nSPS) is 14.8. The number of ether oxygens (including phenoxy) is 1. The van der Waals surface area contributed by atoms with Crippen LogP contribution in [-0.2, 0) is 22.6 Å². The number of rotatable bonds is 8. The Morgan fingerprint density at radius 1 is 0.909 bits per heavy atom. The summed E-state index contributed by atoms with van der Waals surface area (Å²) in [7, 11) is 0. The van der Waals surface area contributed by atoms with Gasteiger partial charge in [-0.3, -0.25) is 9.79 Å². The van der Waals surface area contributed by atoms with Gasteiger partial charge in [-0.25, -0.2) is 0 Å². The Morgan fingerprint density at radius 3 is 2.18 bits per heavy atom. The maximum absolute atomic E-state index is 12.7. The van der Waals surface area contributed by atoms with Crippen LogP contribution in [0.1, 0.15) is 16.7 Å². The number of nitrogens with one attached hydrogen (secondary N) is 1. The summed E-state index contributed by atoms with van der Waals surface area (Å²) in [5.74, 6) is 0.411. The van der Waals surface area contributed by atoms with Crippen LogP contribution in [0.15, 0.2) is 101 Å². The third-order valence-electron chi connectivity index (χ3n) is 5.27. The zero-order chi connectivity index (χ0) is 22.9. The van der Waals surface area contributed by atoms with E-state index >= 15 is 0 Å². The van der Waals surface area contributed by atoms with E-state index < -0.39 is 0 Å². The van der Waals surface area contributed by atoms with E-state index in [1.54, 1.807) is 0 Å². The Morgan fingerprint density at radius 2 is 1.52 bits per heavy atom. The largest absolute Gasteiger partial charge is 0.459 e. The first kappa shape index (κ1) is 22.6. The van der Waals surface area contributed by atoms with E-state index in [4.69, 9.17) is 21.3 Å². The molecule has 3 aromatic rings. The van der Waals surface area contributed by atoms with E-state index in [9.17, 15) is 4.79 Å². The first-order chi connectivity index (χ1) is 16.2. The number of benzene rings is 3. The van der Waals surface area contributed by atoms with Crippen LogP contribution in [0.5, 0.6) is 0 Å². The number of carbonyl (C=O) groups excluding carboxylic acids is 1. The number of amidine groups is 1. The van der Waals surface area contributed by atoms with Gasteiger partial charge in [-0.1, -0.05) is 103 Å². The molecule has 0 fully saturated rings. The van der Waals surface area contributed by atoms with Crippen molar-refractivity contribution >= 4 is 29.1 Å². The monoisotopic (exact) mass is 459 g/mol. The van der Waals surface area contributed by atoms with Crippen molar-refractivity contribution in [1.29, 1.82) is 0 Å². The molecule has 33 heavy (non-hydrogen) atoms. The average molecular weight is 460 g/mol. The molecule has 0 saturated heterocycles. The number of halogens is 1.